The van der Waals surface area contributed by atoms with Crippen molar-refractivity contribution in [2.24, 2.45) is 0 Å². The quantitative estimate of drug-likeness (QED) is 0.731. The lowest BCUT2D eigenvalue weighted by Gasteiger charge is -2.14. The molecule has 0 aliphatic carbocycles. The second-order valence-corrected chi connectivity index (χ2v) is 5.37. The zero-order chi connectivity index (χ0) is 19.8. The number of hydrogen-bond acceptors (Lipinski definition) is 5. The highest BCUT2D eigenvalue weighted by molar-refractivity contribution is 6.00. The van der Waals surface area contributed by atoms with Crippen LogP contribution in [0.2, 0.25) is 0 Å². The summed E-state index contributed by atoms with van der Waals surface area (Å²) < 4.78 is 15.6. The predicted molar refractivity (Wildman–Crippen MR) is 101 cm³/mol. The average molecular weight is 368 g/mol. The molecule has 0 aliphatic rings. The van der Waals surface area contributed by atoms with Gasteiger partial charge in [0, 0.05) is 16.8 Å². The summed E-state index contributed by atoms with van der Waals surface area (Å²) in [7, 11) is 4.38. The first-order valence-corrected chi connectivity index (χ1v) is 7.97. The van der Waals surface area contributed by atoms with E-state index in [-0.39, 0.29) is 18.0 Å². The van der Waals surface area contributed by atoms with Crippen LogP contribution >= 0.6 is 0 Å². The number of terminal acetylenes is 1. The molecule has 0 aromatic heterocycles. The molecule has 0 saturated carbocycles. The fraction of sp³-hybridized carbons (Fsp3) is 0.200. The van der Waals surface area contributed by atoms with Crippen LogP contribution in [0.3, 0.4) is 0 Å². The van der Waals surface area contributed by atoms with Gasteiger partial charge >= 0.3 is 0 Å². The van der Waals surface area contributed by atoms with Gasteiger partial charge in [0.1, 0.15) is 0 Å². The van der Waals surface area contributed by atoms with Gasteiger partial charge in [-0.1, -0.05) is 12.0 Å². The highest BCUT2D eigenvalue weighted by Gasteiger charge is 2.17. The first-order chi connectivity index (χ1) is 13.0. The zero-order valence-electron chi connectivity index (χ0n) is 15.3. The first-order valence-electron chi connectivity index (χ1n) is 7.97. The monoisotopic (exact) mass is 368 g/mol. The van der Waals surface area contributed by atoms with Crippen LogP contribution in [-0.2, 0) is 4.79 Å². The van der Waals surface area contributed by atoms with Gasteiger partial charge in [0.15, 0.2) is 11.5 Å². The molecule has 0 spiro atoms. The molecule has 0 radical (unpaired) electrons. The maximum Gasteiger partial charge on any atom is 0.251 e. The normalized spacial score (nSPS) is 9.70. The van der Waals surface area contributed by atoms with E-state index in [4.69, 9.17) is 20.6 Å². The molecule has 0 fully saturated rings. The number of methoxy groups -OCH3 is 3. The number of carbonyl (C=O) groups excluding carboxylic acids is 2. The topological polar surface area (TPSA) is 85.9 Å². The summed E-state index contributed by atoms with van der Waals surface area (Å²) in [6.45, 7) is -0.213. The number of amides is 2. The van der Waals surface area contributed by atoms with Gasteiger partial charge < -0.3 is 24.8 Å². The van der Waals surface area contributed by atoms with E-state index in [1.807, 2.05) is 0 Å². The lowest BCUT2D eigenvalue weighted by molar-refractivity contribution is -0.115. The standard InChI is InChI=1S/C20H20N2O5/c1-5-13-7-6-8-15(9-13)22-18(23)12-21-20(24)14-10-16(25-2)19(27-4)17(11-14)26-3/h1,6-11H,12H2,2-4H3,(H,21,24)(H,22,23). The summed E-state index contributed by atoms with van der Waals surface area (Å²) in [5.41, 5.74) is 1.47. The molecular weight excluding hydrogens is 348 g/mol. The Hall–Kier alpha value is -3.66. The van der Waals surface area contributed by atoms with Crippen molar-refractivity contribution >= 4 is 17.5 Å². The van der Waals surface area contributed by atoms with Crippen LogP contribution in [0.5, 0.6) is 17.2 Å². The van der Waals surface area contributed by atoms with E-state index in [1.165, 1.54) is 33.5 Å². The van der Waals surface area contributed by atoms with Crippen LogP contribution in [0.25, 0.3) is 0 Å². The summed E-state index contributed by atoms with van der Waals surface area (Å²) in [4.78, 5) is 24.4. The second kappa shape index (κ2) is 9.15. The van der Waals surface area contributed by atoms with E-state index in [9.17, 15) is 9.59 Å². The third kappa shape index (κ3) is 4.92. The summed E-state index contributed by atoms with van der Waals surface area (Å²) in [6, 6.07) is 9.87. The largest absolute Gasteiger partial charge is 0.493 e. The number of anilines is 1. The Bertz CT molecular complexity index is 861. The number of hydrogen-bond donors (Lipinski definition) is 2. The predicted octanol–water partition coefficient (Wildman–Crippen LogP) is 2.06. The lowest BCUT2D eigenvalue weighted by atomic mass is 10.1. The Labute approximate surface area is 157 Å². The number of ether oxygens (including phenoxy) is 3. The molecule has 2 amide bonds. The Balaban J connectivity index is 2.04. The third-order valence-corrected chi connectivity index (χ3v) is 3.65. The molecule has 0 unspecified atom stereocenters. The molecule has 27 heavy (non-hydrogen) atoms. The summed E-state index contributed by atoms with van der Waals surface area (Å²) in [5, 5.41) is 5.21. The maximum atomic E-state index is 12.4. The fourth-order valence-corrected chi connectivity index (χ4v) is 2.37. The summed E-state index contributed by atoms with van der Waals surface area (Å²) in [5.74, 6) is 2.71. The van der Waals surface area contributed by atoms with Crippen LogP contribution < -0.4 is 24.8 Å². The lowest BCUT2D eigenvalue weighted by Crippen LogP contribution is -2.32. The van der Waals surface area contributed by atoms with Crippen LogP contribution in [0.1, 0.15) is 15.9 Å². The molecule has 140 valence electrons. The van der Waals surface area contributed by atoms with Gasteiger partial charge in [-0.15, -0.1) is 6.42 Å². The Morgan fingerprint density at radius 2 is 1.70 bits per heavy atom. The molecule has 0 heterocycles. The van der Waals surface area contributed by atoms with Gasteiger partial charge in [-0.05, 0) is 30.3 Å². The van der Waals surface area contributed by atoms with E-state index in [2.05, 4.69) is 16.6 Å². The van der Waals surface area contributed by atoms with Gasteiger partial charge in [0.25, 0.3) is 5.91 Å². The van der Waals surface area contributed by atoms with Crippen molar-refractivity contribution in [1.29, 1.82) is 0 Å². The number of rotatable bonds is 7. The van der Waals surface area contributed by atoms with Gasteiger partial charge in [-0.2, -0.15) is 0 Å². The SMILES string of the molecule is C#Cc1cccc(NC(=O)CNC(=O)c2cc(OC)c(OC)c(OC)c2)c1. The van der Waals surface area contributed by atoms with E-state index in [1.54, 1.807) is 24.3 Å². The molecule has 0 atom stereocenters. The third-order valence-electron chi connectivity index (χ3n) is 3.65. The molecule has 2 N–H and O–H groups in total. The second-order valence-electron chi connectivity index (χ2n) is 5.37. The Morgan fingerprint density at radius 3 is 2.26 bits per heavy atom. The van der Waals surface area contributed by atoms with E-state index >= 15 is 0 Å². The summed E-state index contributed by atoms with van der Waals surface area (Å²) in [6.07, 6.45) is 5.33. The first kappa shape index (κ1) is 19.7. The minimum atomic E-state index is -0.457. The molecular formula is C20H20N2O5. The molecule has 7 heteroatoms. The van der Waals surface area contributed by atoms with Crippen LogP contribution in [-0.4, -0.2) is 39.7 Å². The number of benzene rings is 2. The Morgan fingerprint density at radius 1 is 1.04 bits per heavy atom. The molecule has 2 aromatic rings. The van der Waals surface area contributed by atoms with Crippen molar-refractivity contribution in [3.05, 3.63) is 47.5 Å². The zero-order valence-corrected chi connectivity index (χ0v) is 15.3. The molecule has 0 saturated heterocycles. The highest BCUT2D eigenvalue weighted by atomic mass is 16.5. The smallest absolute Gasteiger partial charge is 0.251 e. The maximum absolute atomic E-state index is 12.4. The summed E-state index contributed by atoms with van der Waals surface area (Å²) >= 11 is 0. The van der Waals surface area contributed by atoms with Crippen molar-refractivity contribution in [3.63, 3.8) is 0 Å². The van der Waals surface area contributed by atoms with Gasteiger partial charge in [0.2, 0.25) is 11.7 Å². The van der Waals surface area contributed by atoms with Crippen molar-refractivity contribution in [3.8, 4) is 29.6 Å². The van der Waals surface area contributed by atoms with Gasteiger partial charge in [-0.3, -0.25) is 9.59 Å². The van der Waals surface area contributed by atoms with Gasteiger partial charge in [-0.25, -0.2) is 0 Å². The fourth-order valence-electron chi connectivity index (χ4n) is 2.37. The molecule has 0 aliphatic heterocycles. The average Bonchev–Trinajstić information content (AvgIpc) is 2.70. The van der Waals surface area contributed by atoms with Crippen molar-refractivity contribution < 1.29 is 23.8 Å². The molecule has 0 bridgehead atoms. The minimum Gasteiger partial charge on any atom is -0.493 e. The van der Waals surface area contributed by atoms with E-state index in [0.29, 0.717) is 28.5 Å². The van der Waals surface area contributed by atoms with Gasteiger partial charge in [0.05, 0.1) is 27.9 Å². The van der Waals surface area contributed by atoms with Crippen molar-refractivity contribution in [1.82, 2.24) is 5.32 Å². The molecule has 2 aromatic carbocycles. The molecule has 7 nitrogen and oxygen atoms in total. The van der Waals surface area contributed by atoms with E-state index < -0.39 is 5.91 Å². The molecule has 2 rings (SSSR count). The van der Waals surface area contributed by atoms with Crippen LogP contribution in [0.15, 0.2) is 36.4 Å². The van der Waals surface area contributed by atoms with Crippen molar-refractivity contribution in [2.45, 2.75) is 0 Å². The van der Waals surface area contributed by atoms with E-state index in [0.717, 1.165) is 0 Å². The van der Waals surface area contributed by atoms with Crippen LogP contribution in [0, 0.1) is 12.3 Å². The van der Waals surface area contributed by atoms with Crippen LogP contribution in [0.4, 0.5) is 5.69 Å². The number of carbonyl (C=O) groups is 2. The minimum absolute atomic E-state index is 0.213. The highest BCUT2D eigenvalue weighted by Crippen LogP contribution is 2.38. The Kier molecular flexibility index (Phi) is 6.67. The van der Waals surface area contributed by atoms with Crippen molar-refractivity contribution in [2.75, 3.05) is 33.2 Å². The number of nitrogens with one attached hydrogen (secondary N) is 2.